The number of benzene rings is 3. The van der Waals surface area contributed by atoms with Gasteiger partial charge in [-0.1, -0.05) is 66.2 Å². The van der Waals surface area contributed by atoms with E-state index in [2.05, 4.69) is 10.6 Å². The summed E-state index contributed by atoms with van der Waals surface area (Å²) in [6, 6.07) is 23.6. The lowest BCUT2D eigenvalue weighted by atomic mass is 10.1. The van der Waals surface area contributed by atoms with E-state index < -0.39 is 0 Å². The Morgan fingerprint density at radius 3 is 2.28 bits per heavy atom. The second-order valence-electron chi connectivity index (χ2n) is 6.53. The molecular weight excluding hydrogens is 384 g/mol. The first-order chi connectivity index (χ1) is 14.0. The molecule has 29 heavy (non-hydrogen) atoms. The van der Waals surface area contributed by atoms with E-state index in [1.165, 1.54) is 6.08 Å². The summed E-state index contributed by atoms with van der Waals surface area (Å²) in [6.07, 6.45) is 3.11. The number of hydrogen-bond acceptors (Lipinski definition) is 2. The molecule has 3 aromatic carbocycles. The summed E-state index contributed by atoms with van der Waals surface area (Å²) in [7, 11) is 0. The fourth-order valence-electron chi connectivity index (χ4n) is 2.81. The maximum Gasteiger partial charge on any atom is 0.253 e. The van der Waals surface area contributed by atoms with Crippen LogP contribution >= 0.6 is 11.6 Å². The lowest BCUT2D eigenvalue weighted by Gasteiger charge is -2.16. The molecule has 0 aliphatic carbocycles. The molecule has 0 aromatic heterocycles. The zero-order chi connectivity index (χ0) is 20.6. The Labute approximate surface area is 175 Å². The SMILES string of the molecule is C[C@@H](NC(=O)c1ccccc1NC(=O)/C=C/c1ccc(Cl)cc1)c1ccccc1. The number of rotatable bonds is 6. The minimum absolute atomic E-state index is 0.155. The molecule has 0 unspecified atom stereocenters. The molecular formula is C24H21ClN2O2. The van der Waals surface area contributed by atoms with Crippen molar-refractivity contribution in [1.82, 2.24) is 5.32 Å². The molecule has 0 bridgehead atoms. The highest BCUT2D eigenvalue weighted by atomic mass is 35.5. The number of amides is 2. The molecule has 4 nitrogen and oxygen atoms in total. The van der Waals surface area contributed by atoms with Crippen LogP contribution in [0, 0.1) is 0 Å². The molecule has 2 N–H and O–H groups in total. The van der Waals surface area contributed by atoms with E-state index in [0.29, 0.717) is 16.3 Å². The Morgan fingerprint density at radius 2 is 1.55 bits per heavy atom. The molecule has 0 saturated heterocycles. The standard InChI is InChI=1S/C24H21ClN2O2/c1-17(19-7-3-2-4-8-19)26-24(29)21-9-5-6-10-22(21)27-23(28)16-13-18-11-14-20(25)15-12-18/h2-17H,1H3,(H,26,29)(H,27,28)/b16-13+/t17-/m1/s1. The van der Waals surface area contributed by atoms with Crippen molar-refractivity contribution in [3.8, 4) is 0 Å². The number of anilines is 1. The Balaban J connectivity index is 1.68. The Hall–Kier alpha value is -3.37. The van der Waals surface area contributed by atoms with Gasteiger partial charge in [-0.3, -0.25) is 9.59 Å². The minimum atomic E-state index is -0.323. The number of carbonyl (C=O) groups excluding carboxylic acids is 2. The fraction of sp³-hybridized carbons (Fsp3) is 0.0833. The van der Waals surface area contributed by atoms with Crippen LogP contribution in [0.3, 0.4) is 0 Å². The van der Waals surface area contributed by atoms with Gasteiger partial charge in [0.1, 0.15) is 0 Å². The van der Waals surface area contributed by atoms with Crippen molar-refractivity contribution in [3.05, 3.63) is 107 Å². The summed E-state index contributed by atoms with van der Waals surface area (Å²) in [5.74, 6) is -0.574. The van der Waals surface area contributed by atoms with Crippen LogP contribution < -0.4 is 10.6 Å². The average molecular weight is 405 g/mol. The monoisotopic (exact) mass is 404 g/mol. The van der Waals surface area contributed by atoms with Gasteiger partial charge in [0.05, 0.1) is 17.3 Å². The molecule has 0 fully saturated rings. The predicted molar refractivity (Wildman–Crippen MR) is 118 cm³/mol. The molecule has 0 saturated carbocycles. The fourth-order valence-corrected chi connectivity index (χ4v) is 2.94. The number of halogens is 1. The molecule has 5 heteroatoms. The third-order valence-electron chi connectivity index (χ3n) is 4.37. The zero-order valence-corrected chi connectivity index (χ0v) is 16.7. The van der Waals surface area contributed by atoms with Crippen molar-refractivity contribution < 1.29 is 9.59 Å². The van der Waals surface area contributed by atoms with E-state index in [9.17, 15) is 9.59 Å². The zero-order valence-electron chi connectivity index (χ0n) is 15.9. The van der Waals surface area contributed by atoms with Crippen molar-refractivity contribution in [1.29, 1.82) is 0 Å². The lowest BCUT2D eigenvalue weighted by Crippen LogP contribution is -2.27. The second-order valence-corrected chi connectivity index (χ2v) is 6.96. The van der Waals surface area contributed by atoms with E-state index in [1.807, 2.05) is 49.4 Å². The van der Waals surface area contributed by atoms with Crippen LogP contribution in [0.1, 0.15) is 34.5 Å². The van der Waals surface area contributed by atoms with Crippen LogP contribution in [-0.4, -0.2) is 11.8 Å². The Morgan fingerprint density at radius 1 is 0.897 bits per heavy atom. The van der Waals surface area contributed by atoms with Crippen molar-refractivity contribution >= 4 is 35.2 Å². The van der Waals surface area contributed by atoms with Gasteiger partial charge in [-0.05, 0) is 48.4 Å². The van der Waals surface area contributed by atoms with Crippen molar-refractivity contribution in [3.63, 3.8) is 0 Å². The van der Waals surface area contributed by atoms with E-state index in [1.54, 1.807) is 42.5 Å². The van der Waals surface area contributed by atoms with E-state index in [4.69, 9.17) is 11.6 Å². The summed E-state index contributed by atoms with van der Waals surface area (Å²) < 4.78 is 0. The van der Waals surface area contributed by atoms with Crippen molar-refractivity contribution in [2.45, 2.75) is 13.0 Å². The maximum atomic E-state index is 12.7. The first-order valence-electron chi connectivity index (χ1n) is 9.22. The third-order valence-corrected chi connectivity index (χ3v) is 4.63. The molecule has 3 aromatic rings. The summed E-state index contributed by atoms with van der Waals surface area (Å²) in [5.41, 5.74) is 2.72. The van der Waals surface area contributed by atoms with Crippen LogP contribution in [0.2, 0.25) is 5.02 Å². The summed E-state index contributed by atoms with van der Waals surface area (Å²) in [5, 5.41) is 6.38. The van der Waals surface area contributed by atoms with Crippen molar-refractivity contribution in [2.24, 2.45) is 0 Å². The highest BCUT2D eigenvalue weighted by Gasteiger charge is 2.15. The largest absolute Gasteiger partial charge is 0.345 e. The molecule has 2 amide bonds. The molecule has 0 aliphatic heterocycles. The minimum Gasteiger partial charge on any atom is -0.345 e. The normalized spacial score (nSPS) is 11.8. The molecule has 146 valence electrons. The number of para-hydroxylation sites is 1. The molecule has 3 rings (SSSR count). The van der Waals surface area contributed by atoms with Gasteiger partial charge in [0.2, 0.25) is 5.91 Å². The maximum absolute atomic E-state index is 12.7. The van der Waals surface area contributed by atoms with Gasteiger partial charge in [0, 0.05) is 11.1 Å². The second kappa shape index (κ2) is 9.71. The van der Waals surface area contributed by atoms with Gasteiger partial charge >= 0.3 is 0 Å². The number of nitrogens with one attached hydrogen (secondary N) is 2. The van der Waals surface area contributed by atoms with E-state index in [-0.39, 0.29) is 17.9 Å². The number of hydrogen-bond donors (Lipinski definition) is 2. The lowest BCUT2D eigenvalue weighted by molar-refractivity contribution is -0.111. The summed E-state index contributed by atoms with van der Waals surface area (Å²) in [6.45, 7) is 1.92. The van der Waals surface area contributed by atoms with Gasteiger partial charge in [-0.15, -0.1) is 0 Å². The van der Waals surface area contributed by atoms with Gasteiger partial charge in [0.25, 0.3) is 5.91 Å². The van der Waals surface area contributed by atoms with E-state index >= 15 is 0 Å². The Kier molecular flexibility index (Phi) is 6.82. The van der Waals surface area contributed by atoms with Crippen LogP contribution in [0.4, 0.5) is 5.69 Å². The van der Waals surface area contributed by atoms with Crippen LogP contribution in [0.15, 0.2) is 84.9 Å². The average Bonchev–Trinajstić information content (AvgIpc) is 2.74. The summed E-state index contributed by atoms with van der Waals surface area (Å²) >= 11 is 5.86. The Bertz CT molecular complexity index is 1010. The van der Waals surface area contributed by atoms with Crippen LogP contribution in [-0.2, 0) is 4.79 Å². The molecule has 0 heterocycles. The van der Waals surface area contributed by atoms with Crippen LogP contribution in [0.5, 0.6) is 0 Å². The molecule has 1 atom stereocenters. The highest BCUT2D eigenvalue weighted by molar-refractivity contribution is 6.30. The third kappa shape index (κ3) is 5.80. The first-order valence-corrected chi connectivity index (χ1v) is 9.60. The number of carbonyl (C=O) groups is 2. The first kappa shape index (κ1) is 20.4. The highest BCUT2D eigenvalue weighted by Crippen LogP contribution is 2.18. The quantitative estimate of drug-likeness (QED) is 0.534. The summed E-state index contributed by atoms with van der Waals surface area (Å²) in [4.78, 5) is 25.1. The van der Waals surface area contributed by atoms with Gasteiger partial charge in [0.15, 0.2) is 0 Å². The molecule has 0 spiro atoms. The van der Waals surface area contributed by atoms with Gasteiger partial charge in [-0.25, -0.2) is 0 Å². The van der Waals surface area contributed by atoms with Crippen molar-refractivity contribution in [2.75, 3.05) is 5.32 Å². The molecule has 0 radical (unpaired) electrons. The molecule has 0 aliphatic rings. The predicted octanol–water partition coefficient (Wildman–Crippen LogP) is 5.48. The van der Waals surface area contributed by atoms with Gasteiger partial charge in [-0.2, -0.15) is 0 Å². The smallest absolute Gasteiger partial charge is 0.253 e. The van der Waals surface area contributed by atoms with Gasteiger partial charge < -0.3 is 10.6 Å². The topological polar surface area (TPSA) is 58.2 Å². The van der Waals surface area contributed by atoms with Crippen LogP contribution in [0.25, 0.3) is 6.08 Å². The van der Waals surface area contributed by atoms with E-state index in [0.717, 1.165) is 11.1 Å².